The number of aromatic hydroxyl groups is 1. The minimum Gasteiger partial charge on any atom is -0.504 e. The summed E-state index contributed by atoms with van der Waals surface area (Å²) in [6.07, 6.45) is -5.32. The van der Waals surface area contributed by atoms with E-state index in [-0.39, 0.29) is 30.4 Å². The second-order valence-corrected chi connectivity index (χ2v) is 7.03. The maximum Gasteiger partial charge on any atom is 0.573 e. The zero-order chi connectivity index (χ0) is 21.7. The number of phenols is 1. The van der Waals surface area contributed by atoms with Gasteiger partial charge in [-0.2, -0.15) is 0 Å². The van der Waals surface area contributed by atoms with E-state index in [1.54, 1.807) is 26.8 Å². The highest BCUT2D eigenvalue weighted by Gasteiger charge is 2.30. The number of nitrogens with one attached hydrogen (secondary N) is 1. The summed E-state index contributed by atoms with van der Waals surface area (Å²) in [6, 6.07) is 9.87. The van der Waals surface area contributed by atoms with Crippen LogP contribution in [-0.2, 0) is 4.74 Å². The summed E-state index contributed by atoms with van der Waals surface area (Å²) >= 11 is 0. The van der Waals surface area contributed by atoms with Crippen molar-refractivity contribution in [1.82, 2.24) is 5.32 Å². The molecule has 1 amide bonds. The molecule has 0 aliphatic carbocycles. The predicted molar refractivity (Wildman–Crippen MR) is 100.0 cm³/mol. The van der Waals surface area contributed by atoms with Gasteiger partial charge in [-0.25, -0.2) is 4.79 Å². The van der Waals surface area contributed by atoms with Crippen molar-refractivity contribution >= 4 is 6.09 Å². The molecule has 0 atom stereocenters. The number of hydrogen-bond acceptors (Lipinski definition) is 5. The van der Waals surface area contributed by atoms with E-state index >= 15 is 0 Å². The minimum absolute atomic E-state index is 0.107. The lowest BCUT2D eigenvalue weighted by Crippen LogP contribution is -2.34. The topological polar surface area (TPSA) is 77.0 Å². The van der Waals surface area contributed by atoms with Gasteiger partial charge in [-0.1, -0.05) is 18.2 Å². The Morgan fingerprint density at radius 3 is 2.21 bits per heavy atom. The van der Waals surface area contributed by atoms with Crippen LogP contribution < -0.4 is 14.8 Å². The quantitative estimate of drug-likeness (QED) is 0.662. The average Bonchev–Trinajstić information content (AvgIpc) is 2.57. The van der Waals surface area contributed by atoms with Crippen LogP contribution in [0.4, 0.5) is 18.0 Å². The number of halogens is 3. The molecule has 0 saturated carbocycles. The van der Waals surface area contributed by atoms with Gasteiger partial charge >= 0.3 is 12.5 Å². The molecule has 6 nitrogen and oxygen atoms in total. The van der Waals surface area contributed by atoms with Crippen LogP contribution in [0.25, 0.3) is 11.1 Å². The van der Waals surface area contributed by atoms with E-state index in [1.165, 1.54) is 36.4 Å². The van der Waals surface area contributed by atoms with Gasteiger partial charge in [0.15, 0.2) is 11.5 Å². The number of carbonyl (C=O) groups excluding carboxylic acids is 1. The van der Waals surface area contributed by atoms with Gasteiger partial charge in [-0.15, -0.1) is 13.2 Å². The van der Waals surface area contributed by atoms with Gasteiger partial charge in [-0.05, 0) is 56.2 Å². The molecule has 0 spiro atoms. The van der Waals surface area contributed by atoms with Crippen LogP contribution in [0.2, 0.25) is 0 Å². The van der Waals surface area contributed by atoms with Gasteiger partial charge < -0.3 is 24.6 Å². The first-order valence-corrected chi connectivity index (χ1v) is 8.72. The molecule has 0 radical (unpaired) electrons. The molecule has 0 saturated heterocycles. The van der Waals surface area contributed by atoms with Gasteiger partial charge in [0.25, 0.3) is 0 Å². The summed E-state index contributed by atoms with van der Waals surface area (Å²) in [5.41, 5.74) is 0.573. The molecule has 2 aromatic rings. The number of ether oxygens (including phenoxy) is 3. The molecule has 0 bridgehead atoms. The molecule has 158 valence electrons. The van der Waals surface area contributed by atoms with Crippen LogP contribution in [0.5, 0.6) is 17.2 Å². The molecule has 0 aliphatic rings. The Morgan fingerprint density at radius 2 is 1.66 bits per heavy atom. The number of alkyl carbamates (subject to hydrolysis) is 1. The van der Waals surface area contributed by atoms with Gasteiger partial charge in [0.05, 0.1) is 6.54 Å². The molecule has 0 aromatic heterocycles. The minimum atomic E-state index is -4.75. The summed E-state index contributed by atoms with van der Waals surface area (Å²) in [6.45, 7) is 5.53. The summed E-state index contributed by atoms with van der Waals surface area (Å²) in [5.74, 6) is -0.268. The second kappa shape index (κ2) is 8.93. The van der Waals surface area contributed by atoms with Crippen molar-refractivity contribution in [2.75, 3.05) is 13.2 Å². The number of hydrogen-bond donors (Lipinski definition) is 2. The third-order valence-electron chi connectivity index (χ3n) is 3.41. The molecular formula is C20H22F3NO5. The standard InChI is InChI=1S/C20H22F3NO5/c1-19(2,3)29-18(26)24-10-11-27-17-9-6-14(12-16(17)25)13-4-7-15(8-5-13)28-20(21,22)23/h4-9,12,25H,10-11H2,1-3H3,(H,24,26). The summed E-state index contributed by atoms with van der Waals surface area (Å²) in [4.78, 5) is 11.5. The van der Waals surface area contributed by atoms with E-state index in [0.29, 0.717) is 11.1 Å². The third kappa shape index (κ3) is 7.81. The first-order chi connectivity index (χ1) is 13.4. The Hall–Kier alpha value is -3.10. The van der Waals surface area contributed by atoms with E-state index in [1.807, 2.05) is 0 Å². The summed E-state index contributed by atoms with van der Waals surface area (Å²) < 4.78 is 51.0. The lowest BCUT2D eigenvalue weighted by molar-refractivity contribution is -0.274. The maximum atomic E-state index is 12.2. The Labute approximate surface area is 166 Å². The Bertz CT molecular complexity index is 829. The molecule has 0 unspecified atom stereocenters. The van der Waals surface area contributed by atoms with Gasteiger partial charge in [-0.3, -0.25) is 0 Å². The van der Waals surface area contributed by atoms with Crippen molar-refractivity contribution in [3.05, 3.63) is 42.5 Å². The molecular weight excluding hydrogens is 391 g/mol. The Balaban J connectivity index is 1.91. The highest BCUT2D eigenvalue weighted by molar-refractivity contribution is 5.68. The molecule has 2 aromatic carbocycles. The van der Waals surface area contributed by atoms with E-state index in [4.69, 9.17) is 9.47 Å². The fourth-order valence-corrected chi connectivity index (χ4v) is 2.30. The number of rotatable bonds is 6. The number of phenolic OH excluding ortho intramolecular Hbond substituents is 1. The molecule has 2 N–H and O–H groups in total. The van der Waals surface area contributed by atoms with Gasteiger partial charge in [0, 0.05) is 0 Å². The SMILES string of the molecule is CC(C)(C)OC(=O)NCCOc1ccc(-c2ccc(OC(F)(F)F)cc2)cc1O. The lowest BCUT2D eigenvalue weighted by Gasteiger charge is -2.19. The number of alkyl halides is 3. The highest BCUT2D eigenvalue weighted by Crippen LogP contribution is 2.33. The fraction of sp³-hybridized carbons (Fsp3) is 0.350. The third-order valence-corrected chi connectivity index (χ3v) is 3.41. The molecule has 2 rings (SSSR count). The van der Waals surface area contributed by atoms with Crippen molar-refractivity contribution in [3.8, 4) is 28.4 Å². The van der Waals surface area contributed by atoms with Crippen LogP contribution in [-0.4, -0.2) is 36.3 Å². The zero-order valence-corrected chi connectivity index (χ0v) is 16.2. The molecule has 0 fully saturated rings. The average molecular weight is 413 g/mol. The largest absolute Gasteiger partial charge is 0.573 e. The van der Waals surface area contributed by atoms with Gasteiger partial charge in [0.1, 0.15) is 18.0 Å². The number of carbonyl (C=O) groups is 1. The van der Waals surface area contributed by atoms with Crippen molar-refractivity contribution in [2.45, 2.75) is 32.7 Å². The Morgan fingerprint density at radius 1 is 1.03 bits per heavy atom. The van der Waals surface area contributed by atoms with Crippen molar-refractivity contribution in [2.24, 2.45) is 0 Å². The Kier molecular flexibility index (Phi) is 6.84. The van der Waals surface area contributed by atoms with Crippen molar-refractivity contribution in [1.29, 1.82) is 0 Å². The predicted octanol–water partition coefficient (Wildman–Crippen LogP) is 4.86. The molecule has 0 heterocycles. The van der Waals surface area contributed by atoms with Crippen LogP contribution in [0.3, 0.4) is 0 Å². The summed E-state index contributed by atoms with van der Waals surface area (Å²) in [7, 11) is 0. The van der Waals surface area contributed by atoms with Gasteiger partial charge in [0.2, 0.25) is 0 Å². The lowest BCUT2D eigenvalue weighted by atomic mass is 10.1. The fourth-order valence-electron chi connectivity index (χ4n) is 2.30. The first-order valence-electron chi connectivity index (χ1n) is 8.72. The van der Waals surface area contributed by atoms with Crippen molar-refractivity contribution in [3.63, 3.8) is 0 Å². The van der Waals surface area contributed by atoms with Crippen molar-refractivity contribution < 1.29 is 37.3 Å². The van der Waals surface area contributed by atoms with Crippen LogP contribution in [0.15, 0.2) is 42.5 Å². The monoisotopic (exact) mass is 413 g/mol. The molecule has 0 aliphatic heterocycles. The smallest absolute Gasteiger partial charge is 0.504 e. The summed E-state index contributed by atoms with van der Waals surface area (Å²) in [5, 5.41) is 12.6. The van der Waals surface area contributed by atoms with Crippen LogP contribution in [0, 0.1) is 0 Å². The number of amides is 1. The van der Waals surface area contributed by atoms with E-state index in [9.17, 15) is 23.1 Å². The highest BCUT2D eigenvalue weighted by atomic mass is 19.4. The van der Waals surface area contributed by atoms with E-state index in [0.717, 1.165) is 0 Å². The van der Waals surface area contributed by atoms with Crippen LogP contribution in [0.1, 0.15) is 20.8 Å². The van der Waals surface area contributed by atoms with E-state index < -0.39 is 18.1 Å². The first kappa shape index (κ1) is 22.2. The normalized spacial score (nSPS) is 11.7. The zero-order valence-electron chi connectivity index (χ0n) is 16.2. The maximum absolute atomic E-state index is 12.2. The second-order valence-electron chi connectivity index (χ2n) is 7.03. The molecule has 29 heavy (non-hydrogen) atoms. The number of benzene rings is 2. The molecule has 9 heteroatoms. The van der Waals surface area contributed by atoms with E-state index in [2.05, 4.69) is 10.1 Å². The van der Waals surface area contributed by atoms with Crippen LogP contribution >= 0.6 is 0 Å².